The van der Waals surface area contributed by atoms with Crippen molar-refractivity contribution < 1.29 is 14.7 Å². The zero-order valence-corrected chi connectivity index (χ0v) is 13.5. The number of nitrogens with zero attached hydrogens (tertiary/aromatic N) is 1. The maximum Gasteiger partial charge on any atom is 0.256 e. The summed E-state index contributed by atoms with van der Waals surface area (Å²) in [6, 6.07) is 4.21. The van der Waals surface area contributed by atoms with Gasteiger partial charge in [0.2, 0.25) is 5.91 Å². The molecule has 120 valence electrons. The van der Waals surface area contributed by atoms with Crippen LogP contribution in [0.25, 0.3) is 0 Å². The number of benzene rings is 1. The molecule has 1 fully saturated rings. The van der Waals surface area contributed by atoms with E-state index in [0.29, 0.717) is 41.5 Å². The van der Waals surface area contributed by atoms with Gasteiger partial charge in [-0.05, 0) is 37.5 Å². The van der Waals surface area contributed by atoms with E-state index in [1.165, 1.54) is 11.0 Å². The molecule has 0 bridgehead atoms. The minimum Gasteiger partial charge on any atom is -0.396 e. The zero-order valence-electron chi connectivity index (χ0n) is 12.0. The first-order chi connectivity index (χ1) is 10.5. The molecule has 1 atom stereocenters. The molecule has 0 spiro atoms. The molecule has 0 aliphatic carbocycles. The summed E-state index contributed by atoms with van der Waals surface area (Å²) in [7, 11) is 0. The second-order valence-corrected chi connectivity index (χ2v) is 5.99. The largest absolute Gasteiger partial charge is 0.396 e. The van der Waals surface area contributed by atoms with Gasteiger partial charge in [0, 0.05) is 24.7 Å². The van der Waals surface area contributed by atoms with Crippen LogP contribution in [0, 0.1) is 0 Å². The van der Waals surface area contributed by atoms with E-state index in [-0.39, 0.29) is 18.4 Å². The van der Waals surface area contributed by atoms with Crippen LogP contribution < -0.4 is 5.32 Å². The molecule has 1 saturated heterocycles. The zero-order chi connectivity index (χ0) is 16.1. The van der Waals surface area contributed by atoms with Gasteiger partial charge in [-0.1, -0.05) is 23.2 Å². The Labute approximate surface area is 139 Å². The van der Waals surface area contributed by atoms with Gasteiger partial charge >= 0.3 is 0 Å². The van der Waals surface area contributed by atoms with Gasteiger partial charge < -0.3 is 15.3 Å². The van der Waals surface area contributed by atoms with Gasteiger partial charge in [-0.3, -0.25) is 9.59 Å². The fraction of sp³-hybridized carbons (Fsp3) is 0.467. The number of rotatable bonds is 5. The van der Waals surface area contributed by atoms with Gasteiger partial charge in [0.15, 0.2) is 0 Å². The van der Waals surface area contributed by atoms with Gasteiger partial charge in [0.1, 0.15) is 6.04 Å². The maximum atomic E-state index is 12.6. The van der Waals surface area contributed by atoms with Gasteiger partial charge in [0.05, 0.1) is 10.6 Å². The van der Waals surface area contributed by atoms with Crippen molar-refractivity contribution in [1.82, 2.24) is 10.2 Å². The second kappa shape index (κ2) is 7.81. The minimum absolute atomic E-state index is 0.0196. The lowest BCUT2D eigenvalue weighted by Gasteiger charge is -2.24. The first-order valence-electron chi connectivity index (χ1n) is 7.19. The molecule has 0 saturated carbocycles. The Kier molecular flexibility index (Phi) is 6.06. The summed E-state index contributed by atoms with van der Waals surface area (Å²) in [6.45, 7) is 0.928. The van der Waals surface area contributed by atoms with Gasteiger partial charge in [-0.15, -0.1) is 0 Å². The summed E-state index contributed by atoms with van der Waals surface area (Å²) in [5.74, 6) is -0.482. The van der Waals surface area contributed by atoms with Crippen LogP contribution in [0.4, 0.5) is 0 Å². The number of carbonyl (C=O) groups is 2. The third-order valence-corrected chi connectivity index (χ3v) is 4.17. The third kappa shape index (κ3) is 3.91. The van der Waals surface area contributed by atoms with Crippen molar-refractivity contribution in [2.24, 2.45) is 0 Å². The molecule has 1 heterocycles. The van der Waals surface area contributed by atoms with Gasteiger partial charge in [0.25, 0.3) is 5.91 Å². The van der Waals surface area contributed by atoms with E-state index in [1.54, 1.807) is 12.1 Å². The normalized spacial score (nSPS) is 17.6. The standard InChI is InChI=1S/C15H18Cl2N2O3/c16-10-4-5-12(17)11(9-10)15(22)19-7-1-3-13(19)14(21)18-6-2-8-20/h4-5,9,13,20H,1-3,6-8H2,(H,18,21). The number of likely N-dealkylation sites (tertiary alicyclic amines) is 1. The SMILES string of the molecule is O=C(NCCCO)C1CCCN1C(=O)c1cc(Cl)ccc1Cl. The molecule has 5 nitrogen and oxygen atoms in total. The van der Waals surface area contributed by atoms with Crippen molar-refractivity contribution in [3.05, 3.63) is 33.8 Å². The van der Waals surface area contributed by atoms with Crippen LogP contribution in [0.15, 0.2) is 18.2 Å². The molecule has 1 unspecified atom stereocenters. The van der Waals surface area contributed by atoms with Crippen molar-refractivity contribution in [2.45, 2.75) is 25.3 Å². The fourth-order valence-electron chi connectivity index (χ4n) is 2.51. The topological polar surface area (TPSA) is 69.6 Å². The van der Waals surface area contributed by atoms with Crippen LogP contribution in [-0.2, 0) is 4.79 Å². The quantitative estimate of drug-likeness (QED) is 0.803. The molecule has 1 aliphatic rings. The Balaban J connectivity index is 2.11. The average Bonchev–Trinajstić information content (AvgIpc) is 2.98. The molecule has 22 heavy (non-hydrogen) atoms. The van der Waals surface area contributed by atoms with Crippen LogP contribution in [0.2, 0.25) is 10.0 Å². The number of aliphatic hydroxyl groups is 1. The van der Waals surface area contributed by atoms with Gasteiger partial charge in [-0.2, -0.15) is 0 Å². The van der Waals surface area contributed by atoms with E-state index in [2.05, 4.69) is 5.32 Å². The average molecular weight is 345 g/mol. The molecule has 2 N–H and O–H groups in total. The van der Waals surface area contributed by atoms with E-state index in [0.717, 1.165) is 6.42 Å². The van der Waals surface area contributed by atoms with Crippen molar-refractivity contribution >= 4 is 35.0 Å². The Morgan fingerprint density at radius 1 is 1.36 bits per heavy atom. The summed E-state index contributed by atoms with van der Waals surface area (Å²) in [5, 5.41) is 12.2. The molecule has 1 aliphatic heterocycles. The highest BCUT2D eigenvalue weighted by molar-refractivity contribution is 6.35. The van der Waals surface area contributed by atoms with Crippen LogP contribution in [0.1, 0.15) is 29.6 Å². The summed E-state index contributed by atoms with van der Waals surface area (Å²) in [4.78, 5) is 26.3. The molecule has 0 aromatic heterocycles. The number of nitrogens with one attached hydrogen (secondary N) is 1. The number of amides is 2. The number of hydrogen-bond donors (Lipinski definition) is 2. The molecule has 1 aromatic carbocycles. The third-order valence-electron chi connectivity index (χ3n) is 3.61. The second-order valence-electron chi connectivity index (χ2n) is 5.15. The van der Waals surface area contributed by atoms with Crippen LogP contribution in [-0.4, -0.2) is 47.6 Å². The van der Waals surface area contributed by atoms with Crippen LogP contribution in [0.5, 0.6) is 0 Å². The lowest BCUT2D eigenvalue weighted by Crippen LogP contribution is -2.46. The number of hydrogen-bond acceptors (Lipinski definition) is 3. The number of carbonyl (C=O) groups excluding carboxylic acids is 2. The molecule has 1 aromatic rings. The Hall–Kier alpha value is -1.30. The molecule has 7 heteroatoms. The first kappa shape index (κ1) is 17.1. The smallest absolute Gasteiger partial charge is 0.256 e. The summed E-state index contributed by atoms with van der Waals surface area (Å²) >= 11 is 12.0. The summed E-state index contributed by atoms with van der Waals surface area (Å²) in [6.07, 6.45) is 1.88. The lowest BCUT2D eigenvalue weighted by molar-refractivity contribution is -0.124. The van der Waals surface area contributed by atoms with Crippen molar-refractivity contribution in [1.29, 1.82) is 0 Å². The van der Waals surface area contributed by atoms with Crippen molar-refractivity contribution in [2.75, 3.05) is 19.7 Å². The van der Waals surface area contributed by atoms with Crippen LogP contribution >= 0.6 is 23.2 Å². The van der Waals surface area contributed by atoms with E-state index >= 15 is 0 Å². The van der Waals surface area contributed by atoms with E-state index in [9.17, 15) is 9.59 Å². The minimum atomic E-state index is -0.499. The number of aliphatic hydroxyl groups excluding tert-OH is 1. The Morgan fingerprint density at radius 2 is 2.14 bits per heavy atom. The summed E-state index contributed by atoms with van der Waals surface area (Å²) in [5.41, 5.74) is 0.309. The van der Waals surface area contributed by atoms with E-state index in [4.69, 9.17) is 28.3 Å². The van der Waals surface area contributed by atoms with E-state index < -0.39 is 6.04 Å². The molecule has 2 rings (SSSR count). The van der Waals surface area contributed by atoms with Gasteiger partial charge in [-0.25, -0.2) is 0 Å². The molecular weight excluding hydrogens is 327 g/mol. The summed E-state index contributed by atoms with van der Waals surface area (Å²) < 4.78 is 0. The van der Waals surface area contributed by atoms with Crippen LogP contribution in [0.3, 0.4) is 0 Å². The predicted octanol–water partition coefficient (Wildman–Crippen LogP) is 2.10. The first-order valence-corrected chi connectivity index (χ1v) is 7.94. The molecule has 0 radical (unpaired) electrons. The van der Waals surface area contributed by atoms with Crippen molar-refractivity contribution in [3.63, 3.8) is 0 Å². The highest BCUT2D eigenvalue weighted by Gasteiger charge is 2.35. The Morgan fingerprint density at radius 3 is 2.86 bits per heavy atom. The molecule has 2 amide bonds. The fourth-order valence-corrected chi connectivity index (χ4v) is 2.88. The Bertz CT molecular complexity index is 566. The highest BCUT2D eigenvalue weighted by atomic mass is 35.5. The molecular formula is C15H18Cl2N2O3. The lowest BCUT2D eigenvalue weighted by atomic mass is 10.1. The monoisotopic (exact) mass is 344 g/mol. The maximum absolute atomic E-state index is 12.6. The number of halogens is 2. The highest BCUT2D eigenvalue weighted by Crippen LogP contribution is 2.26. The predicted molar refractivity (Wildman–Crippen MR) is 85.2 cm³/mol. The van der Waals surface area contributed by atoms with E-state index in [1.807, 2.05) is 0 Å². The van der Waals surface area contributed by atoms with Crippen molar-refractivity contribution in [3.8, 4) is 0 Å².